The average Bonchev–Trinajstić information content (AvgIpc) is 2.27. The van der Waals surface area contributed by atoms with Crippen LogP contribution in [0, 0.1) is 0 Å². The summed E-state index contributed by atoms with van der Waals surface area (Å²) in [5, 5.41) is 16.8. The molecular formula is C12H22O4. The molecule has 0 aromatic heterocycles. The Hall–Kier alpha value is -1.13. The van der Waals surface area contributed by atoms with Gasteiger partial charge in [0.2, 0.25) is 0 Å². The molecule has 16 heavy (non-hydrogen) atoms. The van der Waals surface area contributed by atoms with Crippen molar-refractivity contribution in [3.8, 4) is 0 Å². The van der Waals surface area contributed by atoms with Crippen LogP contribution in [-0.4, -0.2) is 35.5 Å². The van der Waals surface area contributed by atoms with Crippen molar-refractivity contribution in [3.63, 3.8) is 0 Å². The number of ether oxygens (including phenoxy) is 1. The predicted octanol–water partition coefficient (Wildman–Crippen LogP) is 2.00. The predicted molar refractivity (Wildman–Crippen MR) is 64.4 cm³/mol. The standard InChI is InChI=1S/C6H12O3.C6H10O/c1-2-3-4-5(7)6(8)9;1-3-5-7-6-4-2/h5,7H,2-4H2,1H3,(H,8,9);3-4H,1-2,5-6H2. The molecule has 1 atom stereocenters. The molecule has 4 heteroatoms. The number of aliphatic hydroxyl groups is 1. The van der Waals surface area contributed by atoms with E-state index in [4.69, 9.17) is 14.9 Å². The molecule has 2 N–H and O–H groups in total. The minimum Gasteiger partial charge on any atom is -0.479 e. The van der Waals surface area contributed by atoms with E-state index in [1.165, 1.54) is 0 Å². The van der Waals surface area contributed by atoms with Gasteiger partial charge in [0.25, 0.3) is 0 Å². The molecule has 0 aliphatic carbocycles. The molecule has 0 saturated carbocycles. The lowest BCUT2D eigenvalue weighted by Crippen LogP contribution is -2.18. The van der Waals surface area contributed by atoms with Crippen LogP contribution in [0.4, 0.5) is 0 Å². The van der Waals surface area contributed by atoms with Crippen LogP contribution in [0.2, 0.25) is 0 Å². The van der Waals surface area contributed by atoms with Gasteiger partial charge in [0.05, 0.1) is 13.2 Å². The van der Waals surface area contributed by atoms with Crippen LogP contribution in [0.15, 0.2) is 25.3 Å². The molecule has 0 aliphatic rings. The molecule has 0 bridgehead atoms. The molecule has 0 aliphatic heterocycles. The lowest BCUT2D eigenvalue weighted by Gasteiger charge is -2.01. The smallest absolute Gasteiger partial charge is 0.332 e. The first kappa shape index (κ1) is 17.3. The first-order chi connectivity index (χ1) is 7.59. The number of aliphatic hydroxyl groups excluding tert-OH is 1. The van der Waals surface area contributed by atoms with Gasteiger partial charge in [0, 0.05) is 0 Å². The van der Waals surface area contributed by atoms with E-state index in [0.717, 1.165) is 12.8 Å². The molecule has 0 aromatic rings. The van der Waals surface area contributed by atoms with Gasteiger partial charge in [0.1, 0.15) is 0 Å². The van der Waals surface area contributed by atoms with Crippen LogP contribution in [-0.2, 0) is 9.53 Å². The molecule has 1 unspecified atom stereocenters. The molecular weight excluding hydrogens is 208 g/mol. The van der Waals surface area contributed by atoms with E-state index in [2.05, 4.69) is 13.2 Å². The van der Waals surface area contributed by atoms with Gasteiger partial charge in [-0.15, -0.1) is 13.2 Å². The van der Waals surface area contributed by atoms with Gasteiger partial charge in [0.15, 0.2) is 6.10 Å². The van der Waals surface area contributed by atoms with Gasteiger partial charge in [-0.05, 0) is 6.42 Å². The maximum Gasteiger partial charge on any atom is 0.332 e. The monoisotopic (exact) mass is 230 g/mol. The van der Waals surface area contributed by atoms with E-state index in [0.29, 0.717) is 19.6 Å². The van der Waals surface area contributed by atoms with Crippen molar-refractivity contribution < 1.29 is 19.7 Å². The summed E-state index contributed by atoms with van der Waals surface area (Å²) in [4.78, 5) is 9.96. The number of carboxylic acids is 1. The Kier molecular flexibility index (Phi) is 15.0. The molecule has 94 valence electrons. The number of rotatable bonds is 8. The second kappa shape index (κ2) is 13.9. The van der Waals surface area contributed by atoms with Crippen molar-refractivity contribution in [1.29, 1.82) is 0 Å². The maximum absolute atomic E-state index is 9.96. The second-order valence-corrected chi connectivity index (χ2v) is 3.11. The van der Waals surface area contributed by atoms with Crippen molar-refractivity contribution >= 4 is 5.97 Å². The summed E-state index contributed by atoms with van der Waals surface area (Å²) in [6.45, 7) is 10.1. The second-order valence-electron chi connectivity index (χ2n) is 3.11. The number of hydrogen-bond acceptors (Lipinski definition) is 3. The zero-order valence-corrected chi connectivity index (χ0v) is 9.89. The summed E-state index contributed by atoms with van der Waals surface area (Å²) in [6.07, 6.45) is 4.32. The lowest BCUT2D eigenvalue weighted by atomic mass is 10.2. The van der Waals surface area contributed by atoms with Crippen LogP contribution in [0.25, 0.3) is 0 Å². The normalized spacial score (nSPS) is 10.9. The SMILES string of the molecule is C=CCOCC=C.CCCCC(O)C(=O)O. The van der Waals surface area contributed by atoms with Crippen LogP contribution < -0.4 is 0 Å². The molecule has 0 spiro atoms. The van der Waals surface area contributed by atoms with Gasteiger partial charge in [-0.1, -0.05) is 31.9 Å². The van der Waals surface area contributed by atoms with Crippen molar-refractivity contribution in [2.45, 2.75) is 32.3 Å². The number of carboxylic acid groups (broad SMARTS) is 1. The van der Waals surface area contributed by atoms with Crippen LogP contribution in [0.5, 0.6) is 0 Å². The highest BCUT2D eigenvalue weighted by Crippen LogP contribution is 1.99. The molecule has 0 heterocycles. The lowest BCUT2D eigenvalue weighted by molar-refractivity contribution is -0.146. The molecule has 0 fully saturated rings. The average molecular weight is 230 g/mol. The van der Waals surface area contributed by atoms with Crippen LogP contribution in [0.1, 0.15) is 26.2 Å². The summed E-state index contributed by atoms with van der Waals surface area (Å²) >= 11 is 0. The molecule has 0 aromatic carbocycles. The number of hydrogen-bond donors (Lipinski definition) is 2. The van der Waals surface area contributed by atoms with Crippen molar-refractivity contribution in [3.05, 3.63) is 25.3 Å². The third-order valence-corrected chi connectivity index (χ3v) is 1.59. The van der Waals surface area contributed by atoms with E-state index in [1.54, 1.807) is 12.2 Å². The molecule has 4 nitrogen and oxygen atoms in total. The van der Waals surface area contributed by atoms with Gasteiger partial charge >= 0.3 is 5.97 Å². The maximum atomic E-state index is 9.96. The molecule has 0 radical (unpaired) electrons. The van der Waals surface area contributed by atoms with Crippen molar-refractivity contribution in [2.24, 2.45) is 0 Å². The third-order valence-electron chi connectivity index (χ3n) is 1.59. The van der Waals surface area contributed by atoms with E-state index in [-0.39, 0.29) is 0 Å². The number of aliphatic carboxylic acids is 1. The Morgan fingerprint density at radius 2 is 1.88 bits per heavy atom. The molecule has 0 rings (SSSR count). The summed E-state index contributed by atoms with van der Waals surface area (Å²) in [5.74, 6) is -1.12. The summed E-state index contributed by atoms with van der Waals surface area (Å²) in [7, 11) is 0. The molecule has 0 saturated heterocycles. The van der Waals surface area contributed by atoms with Crippen molar-refractivity contribution in [1.82, 2.24) is 0 Å². The summed E-state index contributed by atoms with van der Waals surface area (Å²) in [5.41, 5.74) is 0. The fourth-order valence-corrected chi connectivity index (χ4v) is 0.756. The zero-order valence-electron chi connectivity index (χ0n) is 9.89. The first-order valence-corrected chi connectivity index (χ1v) is 5.30. The summed E-state index contributed by atoms with van der Waals surface area (Å²) in [6, 6.07) is 0. The van der Waals surface area contributed by atoms with Gasteiger partial charge in [-0.25, -0.2) is 4.79 Å². The Balaban J connectivity index is 0. The van der Waals surface area contributed by atoms with Crippen molar-refractivity contribution in [2.75, 3.05) is 13.2 Å². The van der Waals surface area contributed by atoms with E-state index in [9.17, 15) is 4.79 Å². The summed E-state index contributed by atoms with van der Waals surface area (Å²) < 4.78 is 4.90. The number of unbranched alkanes of at least 4 members (excludes halogenated alkanes) is 1. The fraction of sp³-hybridized carbons (Fsp3) is 0.583. The highest BCUT2D eigenvalue weighted by atomic mass is 16.5. The minimum atomic E-state index is -1.16. The zero-order chi connectivity index (χ0) is 12.8. The van der Waals surface area contributed by atoms with E-state index >= 15 is 0 Å². The topological polar surface area (TPSA) is 66.8 Å². The van der Waals surface area contributed by atoms with Gasteiger partial charge in [-0.2, -0.15) is 0 Å². The highest BCUT2D eigenvalue weighted by Gasteiger charge is 2.10. The molecule has 0 amide bonds. The largest absolute Gasteiger partial charge is 0.479 e. The van der Waals surface area contributed by atoms with Crippen LogP contribution >= 0.6 is 0 Å². The Morgan fingerprint density at radius 3 is 2.19 bits per heavy atom. The first-order valence-electron chi connectivity index (χ1n) is 5.30. The van der Waals surface area contributed by atoms with E-state index < -0.39 is 12.1 Å². The third kappa shape index (κ3) is 15.3. The Labute approximate surface area is 97.2 Å². The number of carbonyl (C=O) groups is 1. The Morgan fingerprint density at radius 1 is 1.38 bits per heavy atom. The fourth-order valence-electron chi connectivity index (χ4n) is 0.756. The quantitative estimate of drug-likeness (QED) is 0.494. The highest BCUT2D eigenvalue weighted by molar-refractivity contribution is 5.71. The minimum absolute atomic E-state index is 0.367. The van der Waals surface area contributed by atoms with Gasteiger partial charge < -0.3 is 14.9 Å². The van der Waals surface area contributed by atoms with Gasteiger partial charge in [-0.3, -0.25) is 0 Å². The van der Waals surface area contributed by atoms with E-state index in [1.807, 2.05) is 6.92 Å². The Bertz CT molecular complexity index is 181. The van der Waals surface area contributed by atoms with Crippen LogP contribution in [0.3, 0.4) is 0 Å².